The Hall–Kier alpha value is -2.53. The van der Waals surface area contributed by atoms with E-state index in [1.165, 1.54) is 0 Å². The number of para-hydroxylation sites is 1. The minimum Gasteiger partial charge on any atom is -0.494 e. The van der Waals surface area contributed by atoms with E-state index in [9.17, 15) is 9.59 Å². The molecular formula is C21H23ClN2O3. The van der Waals surface area contributed by atoms with E-state index in [1.54, 1.807) is 36.4 Å². The fourth-order valence-corrected chi connectivity index (χ4v) is 3.16. The number of carbonyl (C=O) groups excluding carboxylic acids is 2. The Balaban J connectivity index is 1.49. The number of nitrogens with zero attached hydrogens (tertiary/aromatic N) is 1. The second kappa shape index (κ2) is 9.42. The summed E-state index contributed by atoms with van der Waals surface area (Å²) >= 11 is 5.83. The van der Waals surface area contributed by atoms with Crippen LogP contribution in [0.5, 0.6) is 5.75 Å². The summed E-state index contributed by atoms with van der Waals surface area (Å²) in [5.41, 5.74) is 1.11. The van der Waals surface area contributed by atoms with Gasteiger partial charge in [-0.15, -0.1) is 0 Å². The van der Waals surface area contributed by atoms with Crippen LogP contribution in [0.2, 0.25) is 5.02 Å². The highest BCUT2D eigenvalue weighted by molar-refractivity contribution is 6.30. The van der Waals surface area contributed by atoms with E-state index in [0.717, 1.165) is 31.7 Å². The van der Waals surface area contributed by atoms with Crippen LogP contribution in [-0.4, -0.2) is 36.4 Å². The summed E-state index contributed by atoms with van der Waals surface area (Å²) < 4.78 is 5.59. The number of benzene rings is 2. The van der Waals surface area contributed by atoms with Crippen LogP contribution in [0.4, 0.5) is 5.69 Å². The number of hydrogen-bond donors (Lipinski definition) is 1. The Kier molecular flexibility index (Phi) is 6.71. The zero-order valence-corrected chi connectivity index (χ0v) is 15.9. The number of hydrogen-bond acceptors (Lipinski definition) is 3. The highest BCUT2D eigenvalue weighted by Crippen LogP contribution is 2.20. The Morgan fingerprint density at radius 2 is 1.74 bits per heavy atom. The van der Waals surface area contributed by atoms with Crippen molar-refractivity contribution in [3.63, 3.8) is 0 Å². The molecule has 2 amide bonds. The number of likely N-dealkylation sites (tertiary alicyclic amines) is 1. The van der Waals surface area contributed by atoms with Crippen LogP contribution in [-0.2, 0) is 4.79 Å². The maximum Gasteiger partial charge on any atom is 0.255 e. The molecular weight excluding hydrogens is 364 g/mol. The summed E-state index contributed by atoms with van der Waals surface area (Å²) in [5, 5.41) is 3.52. The van der Waals surface area contributed by atoms with Gasteiger partial charge in [-0.25, -0.2) is 0 Å². The fraction of sp³-hybridized carbons (Fsp3) is 0.333. The summed E-state index contributed by atoms with van der Waals surface area (Å²) in [7, 11) is 0. The van der Waals surface area contributed by atoms with Crippen LogP contribution in [0, 0.1) is 0 Å². The van der Waals surface area contributed by atoms with Gasteiger partial charge in [0.2, 0.25) is 5.91 Å². The fourth-order valence-electron chi connectivity index (χ4n) is 3.04. The van der Waals surface area contributed by atoms with E-state index in [1.807, 2.05) is 17.0 Å². The van der Waals surface area contributed by atoms with E-state index in [2.05, 4.69) is 5.32 Å². The molecule has 0 spiro atoms. The van der Waals surface area contributed by atoms with Crippen molar-refractivity contribution >= 4 is 29.1 Å². The van der Waals surface area contributed by atoms with Crippen LogP contribution >= 0.6 is 11.6 Å². The number of amides is 2. The third-order valence-electron chi connectivity index (χ3n) is 4.46. The molecule has 2 aromatic rings. The highest BCUT2D eigenvalue weighted by Gasteiger charge is 2.22. The van der Waals surface area contributed by atoms with Crippen molar-refractivity contribution in [2.75, 3.05) is 25.0 Å². The Labute approximate surface area is 164 Å². The van der Waals surface area contributed by atoms with Crippen LogP contribution in [0.1, 0.15) is 36.0 Å². The second-order valence-corrected chi connectivity index (χ2v) is 6.94. The molecule has 0 unspecified atom stereocenters. The molecule has 5 nitrogen and oxygen atoms in total. The van der Waals surface area contributed by atoms with Gasteiger partial charge in [-0.1, -0.05) is 23.7 Å². The predicted molar refractivity (Wildman–Crippen MR) is 106 cm³/mol. The molecule has 2 aromatic carbocycles. The van der Waals surface area contributed by atoms with Crippen LogP contribution in [0.15, 0.2) is 48.5 Å². The first kappa shape index (κ1) is 19.2. The number of anilines is 1. The van der Waals surface area contributed by atoms with Crippen molar-refractivity contribution < 1.29 is 14.3 Å². The number of halogens is 1. The molecule has 1 N–H and O–H groups in total. The lowest BCUT2D eigenvalue weighted by atomic mass is 10.1. The van der Waals surface area contributed by atoms with Crippen molar-refractivity contribution in [2.45, 2.75) is 25.7 Å². The first-order valence-corrected chi connectivity index (χ1v) is 9.58. The average molecular weight is 387 g/mol. The molecule has 1 aliphatic heterocycles. The van der Waals surface area contributed by atoms with Gasteiger partial charge in [0.1, 0.15) is 5.75 Å². The van der Waals surface area contributed by atoms with Gasteiger partial charge in [0.05, 0.1) is 17.9 Å². The van der Waals surface area contributed by atoms with E-state index in [0.29, 0.717) is 35.7 Å². The van der Waals surface area contributed by atoms with E-state index < -0.39 is 0 Å². The standard InChI is InChI=1S/C21H23ClN2O3/c22-16-9-11-17(12-10-16)27-15-5-8-20(25)23-19-7-2-1-6-18(19)21(26)24-13-3-4-14-24/h1-2,6-7,9-12H,3-5,8,13-15H2,(H,23,25). The summed E-state index contributed by atoms with van der Waals surface area (Å²) in [6, 6.07) is 14.3. The lowest BCUT2D eigenvalue weighted by Gasteiger charge is -2.18. The molecule has 1 saturated heterocycles. The maximum absolute atomic E-state index is 12.6. The topological polar surface area (TPSA) is 58.6 Å². The molecule has 0 atom stereocenters. The van der Waals surface area contributed by atoms with Crippen LogP contribution in [0.25, 0.3) is 0 Å². The van der Waals surface area contributed by atoms with Crippen molar-refractivity contribution in [1.82, 2.24) is 4.90 Å². The second-order valence-electron chi connectivity index (χ2n) is 6.50. The number of ether oxygens (including phenoxy) is 1. The molecule has 0 saturated carbocycles. The quantitative estimate of drug-likeness (QED) is 0.718. The monoisotopic (exact) mass is 386 g/mol. The van der Waals surface area contributed by atoms with Gasteiger partial charge in [-0.05, 0) is 55.7 Å². The molecule has 0 aromatic heterocycles. The van der Waals surface area contributed by atoms with E-state index >= 15 is 0 Å². The lowest BCUT2D eigenvalue weighted by molar-refractivity contribution is -0.116. The molecule has 0 bridgehead atoms. The summed E-state index contributed by atoms with van der Waals surface area (Å²) in [6.45, 7) is 2.00. The summed E-state index contributed by atoms with van der Waals surface area (Å²) in [4.78, 5) is 26.7. The minimum absolute atomic E-state index is 0.0190. The van der Waals surface area contributed by atoms with Crippen molar-refractivity contribution in [2.24, 2.45) is 0 Å². The van der Waals surface area contributed by atoms with E-state index in [-0.39, 0.29) is 11.8 Å². The van der Waals surface area contributed by atoms with Gasteiger partial charge in [0.25, 0.3) is 5.91 Å². The average Bonchev–Trinajstić information content (AvgIpc) is 3.21. The molecule has 142 valence electrons. The SMILES string of the molecule is O=C(CCCOc1ccc(Cl)cc1)Nc1ccccc1C(=O)N1CCCC1. The smallest absolute Gasteiger partial charge is 0.255 e. The van der Waals surface area contributed by atoms with Crippen molar-refractivity contribution in [3.8, 4) is 5.75 Å². The third-order valence-corrected chi connectivity index (χ3v) is 4.71. The zero-order valence-electron chi connectivity index (χ0n) is 15.1. The molecule has 1 heterocycles. The number of nitrogens with one attached hydrogen (secondary N) is 1. The van der Waals surface area contributed by atoms with Gasteiger partial charge in [-0.2, -0.15) is 0 Å². The normalized spacial score (nSPS) is 13.4. The van der Waals surface area contributed by atoms with Gasteiger partial charge >= 0.3 is 0 Å². The lowest BCUT2D eigenvalue weighted by Crippen LogP contribution is -2.28. The molecule has 27 heavy (non-hydrogen) atoms. The Morgan fingerprint density at radius 1 is 1.04 bits per heavy atom. The predicted octanol–water partition coefficient (Wildman–Crippen LogP) is 4.37. The summed E-state index contributed by atoms with van der Waals surface area (Å²) in [5.74, 6) is 0.576. The van der Waals surface area contributed by atoms with Crippen LogP contribution < -0.4 is 10.1 Å². The van der Waals surface area contributed by atoms with Crippen molar-refractivity contribution in [3.05, 3.63) is 59.1 Å². The van der Waals surface area contributed by atoms with Crippen molar-refractivity contribution in [1.29, 1.82) is 0 Å². The minimum atomic E-state index is -0.128. The molecule has 3 rings (SSSR count). The molecule has 0 radical (unpaired) electrons. The Morgan fingerprint density at radius 3 is 2.48 bits per heavy atom. The van der Waals surface area contributed by atoms with Gasteiger partial charge in [0.15, 0.2) is 0 Å². The molecule has 1 fully saturated rings. The van der Waals surface area contributed by atoms with Gasteiger partial charge in [0, 0.05) is 24.5 Å². The third kappa shape index (κ3) is 5.47. The molecule has 1 aliphatic rings. The van der Waals surface area contributed by atoms with E-state index in [4.69, 9.17) is 16.3 Å². The zero-order chi connectivity index (χ0) is 19.1. The maximum atomic E-state index is 12.6. The Bertz CT molecular complexity index is 786. The molecule has 6 heteroatoms. The van der Waals surface area contributed by atoms with Gasteiger partial charge < -0.3 is 15.0 Å². The number of rotatable bonds is 7. The highest BCUT2D eigenvalue weighted by atomic mass is 35.5. The largest absolute Gasteiger partial charge is 0.494 e. The molecule has 0 aliphatic carbocycles. The first-order valence-electron chi connectivity index (χ1n) is 9.20. The van der Waals surface area contributed by atoms with Crippen LogP contribution in [0.3, 0.4) is 0 Å². The number of carbonyl (C=O) groups is 2. The summed E-state index contributed by atoms with van der Waals surface area (Å²) in [6.07, 6.45) is 2.97. The van der Waals surface area contributed by atoms with Gasteiger partial charge in [-0.3, -0.25) is 9.59 Å². The first-order chi connectivity index (χ1) is 13.1.